The Kier molecular flexibility index (Phi) is 38.9. The molecule has 0 fully saturated rings. The van der Waals surface area contributed by atoms with Crippen LogP contribution < -0.4 is 0 Å². The summed E-state index contributed by atoms with van der Waals surface area (Å²) in [4.78, 5) is 0. The minimum absolute atomic E-state index is 0.179. The summed E-state index contributed by atoms with van der Waals surface area (Å²) in [5.41, 5.74) is 0. The summed E-state index contributed by atoms with van der Waals surface area (Å²) >= 11 is 0. The molecule has 0 atom stereocenters. The van der Waals surface area contributed by atoms with E-state index in [0.717, 1.165) is 0 Å². The van der Waals surface area contributed by atoms with Crippen LogP contribution in [0.5, 0.6) is 0 Å². The van der Waals surface area contributed by atoms with Crippen molar-refractivity contribution < 1.29 is 0 Å². The molecule has 0 heterocycles. The topological polar surface area (TPSA) is 0 Å². The Morgan fingerprint density at radius 1 is 0.182 bits per heavy atom. The number of hydrogen-bond donors (Lipinski definition) is 0. The van der Waals surface area contributed by atoms with Gasteiger partial charge in [0.15, 0.2) is 0 Å². The van der Waals surface area contributed by atoms with E-state index in [1.807, 2.05) is 0 Å². The van der Waals surface area contributed by atoms with E-state index in [2.05, 4.69) is 62.3 Å². The van der Waals surface area contributed by atoms with Gasteiger partial charge in [0.1, 0.15) is 0 Å². The lowest BCUT2D eigenvalue weighted by Gasteiger charge is -2.62. The predicted molar refractivity (Wildman–Crippen MR) is 260 cm³/mol. The fourth-order valence-electron chi connectivity index (χ4n) is 11.0. The van der Waals surface area contributed by atoms with Crippen LogP contribution >= 0.6 is 7.92 Å². The van der Waals surface area contributed by atoms with Crippen molar-refractivity contribution in [1.82, 2.24) is 0 Å². The second-order valence-electron chi connectivity index (χ2n) is 19.2. The molecule has 0 aliphatic carbocycles. The van der Waals surface area contributed by atoms with E-state index in [0.29, 0.717) is 15.5 Å². The fraction of sp³-hybridized carbons (Fsp3) is 1.00. The quantitative estimate of drug-likeness (QED) is 0.0426. The summed E-state index contributed by atoms with van der Waals surface area (Å²) in [6.07, 6.45) is 62.1. The van der Waals surface area contributed by atoms with Crippen LogP contribution in [0.4, 0.5) is 0 Å². The van der Waals surface area contributed by atoms with Gasteiger partial charge in [-0.15, -0.1) is 0 Å². The first-order chi connectivity index (χ1) is 26.9. The van der Waals surface area contributed by atoms with E-state index in [1.165, 1.54) is 212 Å². The zero-order valence-electron chi connectivity index (χ0n) is 40.6. The van der Waals surface area contributed by atoms with Crippen LogP contribution in [0.15, 0.2) is 0 Å². The first kappa shape index (κ1) is 55.4. The van der Waals surface area contributed by atoms with Gasteiger partial charge in [-0.1, -0.05) is 282 Å². The second-order valence-corrected chi connectivity index (χ2v) is 22.8. The zero-order chi connectivity index (χ0) is 40.8. The lowest BCUT2D eigenvalue weighted by Crippen LogP contribution is -2.48. The normalized spacial score (nSPS) is 12.8. The Bertz CT molecular complexity index is 618. The van der Waals surface area contributed by atoms with Gasteiger partial charge in [0.05, 0.1) is 0 Å². The highest BCUT2D eigenvalue weighted by molar-refractivity contribution is 7.62. The summed E-state index contributed by atoms with van der Waals surface area (Å²) in [5, 5.41) is 1.74. The van der Waals surface area contributed by atoms with Gasteiger partial charge in [0, 0.05) is 0 Å². The van der Waals surface area contributed by atoms with Crippen molar-refractivity contribution in [2.45, 2.75) is 347 Å². The zero-order valence-corrected chi connectivity index (χ0v) is 41.5. The summed E-state index contributed by atoms with van der Waals surface area (Å²) < 4.78 is 0. The van der Waals surface area contributed by atoms with Crippen LogP contribution in [0.1, 0.15) is 332 Å². The second kappa shape index (κ2) is 38.6. The number of unbranched alkanes of at least 4 members (excludes halogenated alkanes) is 24. The molecule has 1 heteroatoms. The maximum atomic E-state index is 2.49. The van der Waals surface area contributed by atoms with Crippen molar-refractivity contribution in [3.8, 4) is 0 Å². The maximum absolute atomic E-state index is 2.49. The molecular weight excluding hydrogens is 680 g/mol. The molecule has 0 aliphatic rings. The van der Waals surface area contributed by atoms with Gasteiger partial charge in [-0.2, -0.15) is 0 Å². The molecule has 332 valence electrons. The third-order valence-electron chi connectivity index (χ3n) is 14.1. The van der Waals surface area contributed by atoms with E-state index in [-0.39, 0.29) is 7.92 Å². The Balaban J connectivity index is 8.37. The highest BCUT2D eigenvalue weighted by Gasteiger charge is 2.56. The fourth-order valence-corrected chi connectivity index (χ4v) is 17.5. The van der Waals surface area contributed by atoms with Gasteiger partial charge in [0.25, 0.3) is 0 Å². The Morgan fingerprint density at radius 2 is 0.309 bits per heavy atom. The van der Waals surface area contributed by atoms with Crippen LogP contribution in [0.2, 0.25) is 0 Å². The molecule has 0 aliphatic heterocycles. The smallest absolute Gasteiger partial charge is 0.00845 e. The molecular formula is C54H111P. The molecule has 0 saturated heterocycles. The van der Waals surface area contributed by atoms with E-state index in [9.17, 15) is 0 Å². The van der Waals surface area contributed by atoms with Gasteiger partial charge in [-0.05, 0) is 73.3 Å². The Hall–Kier alpha value is 0.430. The molecule has 0 aromatic heterocycles. The third-order valence-corrected chi connectivity index (χ3v) is 19.0. The van der Waals surface area contributed by atoms with Crippen molar-refractivity contribution in [3.05, 3.63) is 0 Å². The first-order valence-electron chi connectivity index (χ1n) is 26.7. The minimum Gasteiger partial charge on any atom is -0.0876 e. The van der Waals surface area contributed by atoms with Crippen molar-refractivity contribution in [1.29, 1.82) is 0 Å². The van der Waals surface area contributed by atoms with Crippen molar-refractivity contribution >= 4 is 7.92 Å². The van der Waals surface area contributed by atoms with Gasteiger partial charge < -0.3 is 0 Å². The maximum Gasteiger partial charge on any atom is -0.00845 e. The van der Waals surface area contributed by atoms with E-state index >= 15 is 0 Å². The van der Waals surface area contributed by atoms with Crippen molar-refractivity contribution in [2.24, 2.45) is 0 Å². The van der Waals surface area contributed by atoms with Gasteiger partial charge in [-0.3, -0.25) is 0 Å². The summed E-state index contributed by atoms with van der Waals surface area (Å²) in [7, 11) is -0.179. The first-order valence-corrected chi connectivity index (χ1v) is 28.1. The predicted octanol–water partition coefficient (Wildman–Crippen LogP) is 21.2. The summed E-state index contributed by atoms with van der Waals surface area (Å²) in [6, 6.07) is 0. The van der Waals surface area contributed by atoms with Crippen LogP contribution in [-0.2, 0) is 0 Å². The molecule has 0 bridgehead atoms. The van der Waals surface area contributed by atoms with Crippen molar-refractivity contribution in [3.63, 3.8) is 0 Å². The molecule has 0 aromatic rings. The molecule has 0 nitrogen and oxygen atoms in total. The highest BCUT2D eigenvalue weighted by Crippen LogP contribution is 2.78. The lowest BCUT2D eigenvalue weighted by atomic mass is 9.86. The summed E-state index contributed by atoms with van der Waals surface area (Å²) in [5.74, 6) is 0. The molecule has 0 spiro atoms. The van der Waals surface area contributed by atoms with E-state index < -0.39 is 0 Å². The minimum atomic E-state index is -0.179. The SMILES string of the molecule is CCCCCCC(CCCCC)(CCCCCC)P(C(CCCCC)(CCCCCC)CCCCCC)C(CCCCC)(CCCCCC)CCCCCC. The third kappa shape index (κ3) is 24.3. The molecule has 0 aromatic carbocycles. The molecule has 0 rings (SSSR count). The number of rotatable bonds is 45. The number of hydrogen-bond acceptors (Lipinski definition) is 0. The molecule has 0 amide bonds. The molecule has 0 saturated carbocycles. The van der Waals surface area contributed by atoms with Crippen molar-refractivity contribution in [2.75, 3.05) is 0 Å². The Labute approximate surface area is 354 Å². The largest absolute Gasteiger partial charge is 0.0876 e. The van der Waals surface area contributed by atoms with Crippen LogP contribution in [0, 0.1) is 0 Å². The van der Waals surface area contributed by atoms with Gasteiger partial charge in [-0.25, -0.2) is 0 Å². The van der Waals surface area contributed by atoms with Crippen LogP contribution in [0.25, 0.3) is 0 Å². The molecule has 0 radical (unpaired) electrons. The molecule has 55 heavy (non-hydrogen) atoms. The lowest BCUT2D eigenvalue weighted by molar-refractivity contribution is 0.323. The highest BCUT2D eigenvalue weighted by atomic mass is 31.1. The monoisotopic (exact) mass is 791 g/mol. The molecule has 0 N–H and O–H groups in total. The van der Waals surface area contributed by atoms with E-state index in [4.69, 9.17) is 0 Å². The average Bonchev–Trinajstić information content (AvgIpc) is 3.19. The Morgan fingerprint density at radius 3 is 0.455 bits per heavy atom. The molecule has 0 unspecified atom stereocenters. The van der Waals surface area contributed by atoms with Gasteiger partial charge in [0.2, 0.25) is 0 Å². The van der Waals surface area contributed by atoms with Crippen LogP contribution in [-0.4, -0.2) is 15.5 Å². The van der Waals surface area contributed by atoms with E-state index in [1.54, 1.807) is 57.8 Å². The van der Waals surface area contributed by atoms with Crippen LogP contribution in [0.3, 0.4) is 0 Å². The summed E-state index contributed by atoms with van der Waals surface area (Å²) in [6.45, 7) is 22.1. The average molecular weight is 791 g/mol. The standard InChI is InChI=1S/C54H111P/c1-10-19-28-37-46-52(43-34-25-16-7,47-38-29-20-11-2)55(53(44-35-26-17-8,48-39-30-21-12-3)49-40-31-22-13-4)54(45-36-27-18-9,50-41-32-23-14-5)51-42-33-24-15-6/h10-51H2,1-9H3. The van der Waals surface area contributed by atoms with Gasteiger partial charge >= 0.3 is 0 Å².